The van der Waals surface area contributed by atoms with E-state index < -0.39 is 0 Å². The van der Waals surface area contributed by atoms with Crippen molar-refractivity contribution in [2.45, 2.75) is 123 Å². The summed E-state index contributed by atoms with van der Waals surface area (Å²) in [6, 6.07) is 0. The molecule has 0 radical (unpaired) electrons. The highest BCUT2D eigenvalue weighted by Crippen LogP contribution is 2.64. The molecule has 3 rings (SSSR count). The number of hydrogen-bond acceptors (Lipinski definition) is 1. The molecule has 0 unspecified atom stereocenters. The topological polar surface area (TPSA) is 17.1 Å². The molecule has 3 aliphatic carbocycles. The molecular weight excluding hydrogens is 304 g/mol. The molecule has 3 fully saturated rings. The third-order valence-corrected chi connectivity index (χ3v) is 8.20. The smallest absolute Gasteiger partial charge is 0.145 e. The predicted molar refractivity (Wildman–Crippen MR) is 107 cm³/mol. The van der Waals surface area contributed by atoms with Gasteiger partial charge in [-0.25, -0.2) is 0 Å². The second-order valence-corrected chi connectivity index (χ2v) is 9.94. The van der Waals surface area contributed by atoms with Crippen LogP contribution < -0.4 is 0 Å². The fourth-order valence-electron chi connectivity index (χ4n) is 6.48. The zero-order chi connectivity index (χ0) is 17.8. The van der Waals surface area contributed by atoms with Gasteiger partial charge in [-0.15, -0.1) is 0 Å². The van der Waals surface area contributed by atoms with Gasteiger partial charge in [-0.05, 0) is 69.6 Å². The molecule has 0 aromatic carbocycles. The number of rotatable bonds is 8. The van der Waals surface area contributed by atoms with E-state index in [-0.39, 0.29) is 10.8 Å². The molecule has 0 aromatic heterocycles. The summed E-state index contributed by atoms with van der Waals surface area (Å²) in [7, 11) is 0. The number of hydrogen-bond donors (Lipinski definition) is 0. The summed E-state index contributed by atoms with van der Waals surface area (Å²) in [5.74, 6) is 2.57. The molecule has 25 heavy (non-hydrogen) atoms. The van der Waals surface area contributed by atoms with Crippen molar-refractivity contribution < 1.29 is 4.79 Å². The molecule has 0 N–H and O–H groups in total. The summed E-state index contributed by atoms with van der Waals surface area (Å²) in [5.41, 5.74) is 0.298. The quantitative estimate of drug-likeness (QED) is 0.416. The third-order valence-electron chi connectivity index (χ3n) is 8.20. The minimum absolute atomic E-state index is 0.149. The van der Waals surface area contributed by atoms with E-state index in [1.165, 1.54) is 109 Å². The van der Waals surface area contributed by atoms with Crippen molar-refractivity contribution in [2.24, 2.45) is 22.7 Å². The van der Waals surface area contributed by atoms with Crippen LogP contribution >= 0.6 is 0 Å². The molecule has 0 amide bonds. The first-order valence-electron chi connectivity index (χ1n) is 11.7. The first-order chi connectivity index (χ1) is 12.1. The van der Waals surface area contributed by atoms with Crippen LogP contribution in [-0.4, -0.2) is 5.78 Å². The van der Waals surface area contributed by atoms with Gasteiger partial charge in [-0.3, -0.25) is 4.79 Å². The average molecular weight is 347 g/mol. The molecule has 0 heterocycles. The molecule has 0 bridgehead atoms. The highest BCUT2D eigenvalue weighted by atomic mass is 16.1. The molecule has 0 atom stereocenters. The molecule has 1 nitrogen and oxygen atoms in total. The Hall–Kier alpha value is -0.330. The van der Waals surface area contributed by atoms with Gasteiger partial charge in [0.2, 0.25) is 0 Å². The molecule has 3 saturated carbocycles. The maximum Gasteiger partial charge on any atom is 0.145 e. The normalized spacial score (nSPS) is 38.2. The van der Waals surface area contributed by atoms with Gasteiger partial charge in [0.15, 0.2) is 0 Å². The number of unbranched alkanes of at least 4 members (excludes halogenated alkanes) is 4. The van der Waals surface area contributed by atoms with Crippen LogP contribution in [0.3, 0.4) is 0 Å². The zero-order valence-electron chi connectivity index (χ0n) is 17.1. The first kappa shape index (κ1) is 19.4. The van der Waals surface area contributed by atoms with Crippen LogP contribution in [0.5, 0.6) is 0 Å². The Balaban J connectivity index is 1.42. The highest BCUT2D eigenvalue weighted by molar-refractivity contribution is 5.96. The summed E-state index contributed by atoms with van der Waals surface area (Å²) in [6.45, 7) is 4.59. The van der Waals surface area contributed by atoms with Crippen LogP contribution in [0.15, 0.2) is 0 Å². The van der Waals surface area contributed by atoms with Crippen LogP contribution in [-0.2, 0) is 4.79 Å². The summed E-state index contributed by atoms with van der Waals surface area (Å²) >= 11 is 0. The summed E-state index contributed by atoms with van der Waals surface area (Å²) in [6.07, 6.45) is 22.6. The van der Waals surface area contributed by atoms with E-state index in [9.17, 15) is 4.79 Å². The molecule has 1 heteroatoms. The Morgan fingerprint density at radius 1 is 0.720 bits per heavy atom. The lowest BCUT2D eigenvalue weighted by molar-refractivity contribution is -0.169. The van der Waals surface area contributed by atoms with E-state index in [1.807, 2.05) is 0 Å². The van der Waals surface area contributed by atoms with Crippen molar-refractivity contribution in [1.29, 1.82) is 0 Å². The molecule has 0 aliphatic heterocycles. The molecule has 3 aliphatic rings. The minimum Gasteiger partial charge on any atom is -0.298 e. The van der Waals surface area contributed by atoms with Gasteiger partial charge in [0, 0.05) is 10.8 Å². The Morgan fingerprint density at radius 2 is 1.12 bits per heavy atom. The van der Waals surface area contributed by atoms with Crippen LogP contribution in [0, 0.1) is 22.7 Å². The Morgan fingerprint density at radius 3 is 1.44 bits per heavy atom. The monoisotopic (exact) mass is 346 g/mol. The van der Waals surface area contributed by atoms with E-state index in [0.717, 1.165) is 17.6 Å². The number of carbonyl (C=O) groups is 1. The lowest BCUT2D eigenvalue weighted by Crippen LogP contribution is -2.59. The predicted octanol–water partition coefficient (Wildman–Crippen LogP) is 7.47. The minimum atomic E-state index is 0.149. The van der Waals surface area contributed by atoms with Crippen LogP contribution in [0.1, 0.15) is 123 Å². The molecular formula is C24H42O. The van der Waals surface area contributed by atoms with E-state index >= 15 is 0 Å². The summed E-state index contributed by atoms with van der Waals surface area (Å²) in [5, 5.41) is 0. The first-order valence-corrected chi connectivity index (χ1v) is 11.7. The van der Waals surface area contributed by atoms with Gasteiger partial charge in [0.1, 0.15) is 5.78 Å². The van der Waals surface area contributed by atoms with Crippen LogP contribution in [0.25, 0.3) is 0 Å². The van der Waals surface area contributed by atoms with Gasteiger partial charge >= 0.3 is 0 Å². The van der Waals surface area contributed by atoms with Gasteiger partial charge in [0.25, 0.3) is 0 Å². The number of carbonyl (C=O) groups excluding carboxylic acids is 1. The highest BCUT2D eigenvalue weighted by Gasteiger charge is 2.62. The Bertz CT molecular complexity index is 383. The molecule has 2 spiro atoms. The molecule has 0 saturated heterocycles. The lowest BCUT2D eigenvalue weighted by Gasteiger charge is -2.59. The van der Waals surface area contributed by atoms with Crippen molar-refractivity contribution in [3.8, 4) is 0 Å². The summed E-state index contributed by atoms with van der Waals surface area (Å²) < 4.78 is 0. The second kappa shape index (κ2) is 8.57. The van der Waals surface area contributed by atoms with Gasteiger partial charge in [-0.1, -0.05) is 65.2 Å². The van der Waals surface area contributed by atoms with E-state index in [4.69, 9.17) is 0 Å². The van der Waals surface area contributed by atoms with Crippen molar-refractivity contribution in [3.05, 3.63) is 0 Å². The second-order valence-electron chi connectivity index (χ2n) is 9.94. The average Bonchev–Trinajstić information content (AvgIpc) is 2.65. The van der Waals surface area contributed by atoms with E-state index in [0.29, 0.717) is 0 Å². The van der Waals surface area contributed by atoms with Gasteiger partial charge in [0.05, 0.1) is 0 Å². The summed E-state index contributed by atoms with van der Waals surface area (Å²) in [4.78, 5) is 13.2. The molecule has 144 valence electrons. The largest absolute Gasteiger partial charge is 0.298 e. The maximum absolute atomic E-state index is 13.2. The van der Waals surface area contributed by atoms with E-state index in [2.05, 4.69) is 13.8 Å². The number of Topliss-reactive ketones (excluding diaryl/α,β-unsaturated/α-hetero) is 1. The Labute approximate surface area is 156 Å². The lowest BCUT2D eigenvalue weighted by atomic mass is 9.43. The van der Waals surface area contributed by atoms with Crippen molar-refractivity contribution in [1.82, 2.24) is 0 Å². The zero-order valence-corrected chi connectivity index (χ0v) is 17.1. The number of ketones is 1. The van der Waals surface area contributed by atoms with Crippen molar-refractivity contribution >= 4 is 5.78 Å². The molecule has 0 aromatic rings. The Kier molecular flexibility index (Phi) is 6.66. The standard InChI is InChI=1S/C24H42O/c1-3-5-7-9-20-11-15-23(16-12-20)19-24(22(23)25)17-13-21(14-18-24)10-8-6-4-2/h20-21H,3-19H2,1-2H3. The SMILES string of the molecule is CCCCCC1CCC2(CC1)CC1(CCC(CCCCC)CC1)C2=O. The van der Waals surface area contributed by atoms with Gasteiger partial charge < -0.3 is 0 Å². The third kappa shape index (κ3) is 4.16. The van der Waals surface area contributed by atoms with Crippen LogP contribution in [0.2, 0.25) is 0 Å². The van der Waals surface area contributed by atoms with Crippen molar-refractivity contribution in [2.75, 3.05) is 0 Å². The fraction of sp³-hybridized carbons (Fsp3) is 0.958. The van der Waals surface area contributed by atoms with Crippen LogP contribution in [0.4, 0.5) is 0 Å². The van der Waals surface area contributed by atoms with Crippen molar-refractivity contribution in [3.63, 3.8) is 0 Å². The maximum atomic E-state index is 13.2. The van der Waals surface area contributed by atoms with Gasteiger partial charge in [-0.2, -0.15) is 0 Å². The fourth-order valence-corrected chi connectivity index (χ4v) is 6.48. The van der Waals surface area contributed by atoms with E-state index in [1.54, 1.807) is 0 Å².